The van der Waals surface area contributed by atoms with Crippen molar-refractivity contribution in [3.63, 3.8) is 0 Å². The van der Waals surface area contributed by atoms with Crippen molar-refractivity contribution in [1.29, 1.82) is 0 Å². The SMILES string of the molecule is C=C(CN)N[C@@H](C)c1cccc2ccccc12. The Kier molecular flexibility index (Phi) is 3.45. The number of nitrogens with two attached hydrogens (primary N) is 1. The van der Waals surface area contributed by atoms with Gasteiger partial charge in [0.1, 0.15) is 0 Å². The minimum atomic E-state index is 0.220. The molecule has 0 aromatic heterocycles. The maximum absolute atomic E-state index is 5.55. The third-order valence-corrected chi connectivity index (χ3v) is 2.96. The summed E-state index contributed by atoms with van der Waals surface area (Å²) in [6.45, 7) is 6.48. The molecule has 3 N–H and O–H groups in total. The molecule has 0 amide bonds. The minimum Gasteiger partial charge on any atom is -0.381 e. The van der Waals surface area contributed by atoms with Crippen LogP contribution in [0.2, 0.25) is 0 Å². The van der Waals surface area contributed by atoms with Crippen molar-refractivity contribution in [3.05, 3.63) is 60.3 Å². The first-order valence-electron chi connectivity index (χ1n) is 5.84. The third kappa shape index (κ3) is 2.48. The first kappa shape index (κ1) is 11.7. The van der Waals surface area contributed by atoms with E-state index >= 15 is 0 Å². The van der Waals surface area contributed by atoms with Crippen LogP contribution < -0.4 is 11.1 Å². The van der Waals surface area contributed by atoms with Crippen molar-refractivity contribution < 1.29 is 0 Å². The maximum atomic E-state index is 5.55. The molecule has 0 aliphatic carbocycles. The lowest BCUT2D eigenvalue weighted by Crippen LogP contribution is -2.22. The first-order valence-corrected chi connectivity index (χ1v) is 5.84. The molecule has 0 bridgehead atoms. The number of hydrogen-bond acceptors (Lipinski definition) is 2. The Hall–Kier alpha value is -1.80. The zero-order valence-corrected chi connectivity index (χ0v) is 10.1. The second kappa shape index (κ2) is 5.02. The lowest BCUT2D eigenvalue weighted by Gasteiger charge is -2.18. The summed E-state index contributed by atoms with van der Waals surface area (Å²) >= 11 is 0. The summed E-state index contributed by atoms with van der Waals surface area (Å²) in [5.74, 6) is 0. The number of fused-ring (bicyclic) bond motifs is 1. The maximum Gasteiger partial charge on any atom is 0.0489 e. The molecule has 0 radical (unpaired) electrons. The largest absolute Gasteiger partial charge is 0.381 e. The fraction of sp³-hybridized carbons (Fsp3) is 0.200. The van der Waals surface area contributed by atoms with Gasteiger partial charge < -0.3 is 11.1 Å². The minimum absolute atomic E-state index is 0.220. The standard InChI is InChI=1S/C15H18N2/c1-11(10-16)17-12(2)14-9-5-7-13-6-3-4-8-15(13)14/h3-9,12,17H,1,10,16H2,2H3/t12-/m0/s1. The summed E-state index contributed by atoms with van der Waals surface area (Å²) < 4.78 is 0. The lowest BCUT2D eigenvalue weighted by molar-refractivity contribution is 0.650. The van der Waals surface area contributed by atoms with E-state index in [-0.39, 0.29) is 6.04 Å². The highest BCUT2D eigenvalue weighted by Crippen LogP contribution is 2.24. The molecule has 17 heavy (non-hydrogen) atoms. The van der Waals surface area contributed by atoms with Gasteiger partial charge in [0.2, 0.25) is 0 Å². The molecule has 0 fully saturated rings. The highest BCUT2D eigenvalue weighted by molar-refractivity contribution is 5.86. The molecule has 0 saturated carbocycles. The van der Waals surface area contributed by atoms with Crippen LogP contribution in [0.25, 0.3) is 10.8 Å². The van der Waals surface area contributed by atoms with Crippen LogP contribution in [0.5, 0.6) is 0 Å². The van der Waals surface area contributed by atoms with E-state index in [1.165, 1.54) is 16.3 Å². The van der Waals surface area contributed by atoms with Crippen LogP contribution in [-0.2, 0) is 0 Å². The molecule has 0 aliphatic rings. The molecule has 2 nitrogen and oxygen atoms in total. The predicted octanol–water partition coefficient (Wildman–Crippen LogP) is 2.96. The average Bonchev–Trinajstić information content (AvgIpc) is 2.37. The molecule has 0 spiro atoms. The van der Waals surface area contributed by atoms with E-state index in [0.717, 1.165) is 5.70 Å². The number of rotatable bonds is 4. The molecule has 0 heterocycles. The van der Waals surface area contributed by atoms with Crippen LogP contribution in [0.4, 0.5) is 0 Å². The molecule has 88 valence electrons. The summed E-state index contributed by atoms with van der Waals surface area (Å²) in [4.78, 5) is 0. The highest BCUT2D eigenvalue weighted by atomic mass is 14.9. The molecule has 0 aliphatic heterocycles. The van der Waals surface area contributed by atoms with Gasteiger partial charge in [0, 0.05) is 18.3 Å². The Labute approximate surface area is 102 Å². The van der Waals surface area contributed by atoms with Crippen molar-refractivity contribution in [1.82, 2.24) is 5.32 Å². The smallest absolute Gasteiger partial charge is 0.0489 e. The zero-order valence-electron chi connectivity index (χ0n) is 10.1. The van der Waals surface area contributed by atoms with Gasteiger partial charge in [-0.15, -0.1) is 0 Å². The monoisotopic (exact) mass is 226 g/mol. The van der Waals surface area contributed by atoms with Gasteiger partial charge >= 0.3 is 0 Å². The van der Waals surface area contributed by atoms with E-state index in [2.05, 4.69) is 61.3 Å². The quantitative estimate of drug-likeness (QED) is 0.841. The van der Waals surface area contributed by atoms with E-state index in [1.807, 2.05) is 0 Å². The topological polar surface area (TPSA) is 38.0 Å². The molecule has 1 atom stereocenters. The summed E-state index contributed by atoms with van der Waals surface area (Å²) in [7, 11) is 0. The van der Waals surface area contributed by atoms with Crippen LogP contribution >= 0.6 is 0 Å². The lowest BCUT2D eigenvalue weighted by atomic mass is 9.99. The average molecular weight is 226 g/mol. The number of hydrogen-bond donors (Lipinski definition) is 2. The molecule has 2 rings (SSSR count). The molecule has 0 unspecified atom stereocenters. The number of nitrogens with one attached hydrogen (secondary N) is 1. The van der Waals surface area contributed by atoms with E-state index in [9.17, 15) is 0 Å². The normalized spacial score (nSPS) is 12.4. The zero-order chi connectivity index (χ0) is 12.3. The first-order chi connectivity index (χ1) is 8.22. The van der Waals surface area contributed by atoms with Gasteiger partial charge in [-0.1, -0.05) is 49.0 Å². The van der Waals surface area contributed by atoms with Gasteiger partial charge in [0.05, 0.1) is 0 Å². The fourth-order valence-corrected chi connectivity index (χ4v) is 2.07. The molecular weight excluding hydrogens is 208 g/mol. The van der Waals surface area contributed by atoms with E-state index in [4.69, 9.17) is 5.73 Å². The van der Waals surface area contributed by atoms with Crippen molar-refractivity contribution >= 4 is 10.8 Å². The summed E-state index contributed by atoms with van der Waals surface area (Å²) in [6.07, 6.45) is 0. The van der Waals surface area contributed by atoms with Gasteiger partial charge in [-0.05, 0) is 23.3 Å². The Balaban J connectivity index is 2.38. The van der Waals surface area contributed by atoms with Crippen LogP contribution in [0.15, 0.2) is 54.7 Å². The summed E-state index contributed by atoms with van der Waals surface area (Å²) in [5.41, 5.74) is 7.69. The second-order valence-corrected chi connectivity index (χ2v) is 4.24. The Morgan fingerprint density at radius 1 is 1.24 bits per heavy atom. The van der Waals surface area contributed by atoms with Crippen molar-refractivity contribution in [2.24, 2.45) is 5.73 Å². The third-order valence-electron chi connectivity index (χ3n) is 2.96. The summed E-state index contributed by atoms with van der Waals surface area (Å²) in [6, 6.07) is 15.0. The Morgan fingerprint density at radius 3 is 2.71 bits per heavy atom. The van der Waals surface area contributed by atoms with Crippen molar-refractivity contribution in [2.45, 2.75) is 13.0 Å². The van der Waals surface area contributed by atoms with Crippen molar-refractivity contribution in [3.8, 4) is 0 Å². The summed E-state index contributed by atoms with van der Waals surface area (Å²) in [5, 5.41) is 5.86. The molecule has 2 heteroatoms. The van der Waals surface area contributed by atoms with Crippen LogP contribution in [0.1, 0.15) is 18.5 Å². The van der Waals surface area contributed by atoms with Crippen LogP contribution in [0, 0.1) is 0 Å². The van der Waals surface area contributed by atoms with Gasteiger partial charge in [-0.2, -0.15) is 0 Å². The van der Waals surface area contributed by atoms with E-state index < -0.39 is 0 Å². The van der Waals surface area contributed by atoms with E-state index in [1.54, 1.807) is 0 Å². The molecule has 2 aromatic rings. The van der Waals surface area contributed by atoms with Crippen LogP contribution in [0.3, 0.4) is 0 Å². The van der Waals surface area contributed by atoms with Gasteiger partial charge in [-0.25, -0.2) is 0 Å². The van der Waals surface area contributed by atoms with Crippen molar-refractivity contribution in [2.75, 3.05) is 6.54 Å². The Morgan fingerprint density at radius 2 is 1.94 bits per heavy atom. The highest BCUT2D eigenvalue weighted by Gasteiger charge is 2.08. The van der Waals surface area contributed by atoms with E-state index in [0.29, 0.717) is 6.54 Å². The van der Waals surface area contributed by atoms with Crippen LogP contribution in [-0.4, -0.2) is 6.54 Å². The second-order valence-electron chi connectivity index (χ2n) is 4.24. The van der Waals surface area contributed by atoms with Gasteiger partial charge in [-0.3, -0.25) is 0 Å². The molecule has 2 aromatic carbocycles. The fourth-order valence-electron chi connectivity index (χ4n) is 2.07. The van der Waals surface area contributed by atoms with Gasteiger partial charge in [0.15, 0.2) is 0 Å². The van der Waals surface area contributed by atoms with Gasteiger partial charge in [0.25, 0.3) is 0 Å². The molecule has 0 saturated heterocycles. The predicted molar refractivity (Wildman–Crippen MR) is 73.7 cm³/mol. The Bertz CT molecular complexity index is 526. The molecular formula is C15H18N2. The number of benzene rings is 2.